The summed E-state index contributed by atoms with van der Waals surface area (Å²) in [6.45, 7) is 3.32. The predicted molar refractivity (Wildman–Crippen MR) is 170 cm³/mol. The van der Waals surface area contributed by atoms with Crippen molar-refractivity contribution in [3.63, 3.8) is 0 Å². The molecule has 0 spiro atoms. The van der Waals surface area contributed by atoms with Crippen molar-refractivity contribution in [3.8, 4) is 11.8 Å². The molecule has 0 aliphatic heterocycles. The van der Waals surface area contributed by atoms with E-state index >= 15 is 0 Å². The van der Waals surface area contributed by atoms with Crippen LogP contribution in [-0.4, -0.2) is 43.2 Å². The Labute approximate surface area is 260 Å². The number of thiocarbonyl (C=S) groups is 1. The molecule has 1 atom stereocenters. The Bertz CT molecular complexity index is 1570. The molecule has 8 nitrogen and oxygen atoms in total. The number of nitrogens with one attached hydrogen (secondary N) is 2. The number of nitriles is 1. The zero-order valence-electron chi connectivity index (χ0n) is 22.9. The lowest BCUT2D eigenvalue weighted by molar-refractivity contribution is -0.121. The first kappa shape index (κ1) is 30.8. The van der Waals surface area contributed by atoms with E-state index in [2.05, 4.69) is 21.7 Å². The molecular weight excluding hydrogens is 591 g/mol. The van der Waals surface area contributed by atoms with Gasteiger partial charge in [-0.15, -0.1) is 0 Å². The van der Waals surface area contributed by atoms with E-state index in [1.807, 2.05) is 40.7 Å². The number of carbonyl (C=O) groups excluding carboxylic acids is 1. The van der Waals surface area contributed by atoms with Gasteiger partial charge in [0.15, 0.2) is 5.11 Å². The Morgan fingerprint density at radius 3 is 2.57 bits per heavy atom. The fourth-order valence-corrected chi connectivity index (χ4v) is 4.98. The summed E-state index contributed by atoms with van der Waals surface area (Å²) in [4.78, 5) is 19.4. The van der Waals surface area contributed by atoms with Crippen molar-refractivity contribution in [3.05, 3.63) is 112 Å². The molecule has 0 aliphatic carbocycles. The van der Waals surface area contributed by atoms with E-state index in [0.29, 0.717) is 52.5 Å². The minimum Gasteiger partial charge on any atom is -0.508 e. The van der Waals surface area contributed by atoms with Gasteiger partial charge < -0.3 is 25.2 Å². The molecule has 0 saturated heterocycles. The zero-order valence-corrected chi connectivity index (χ0v) is 25.3. The molecule has 11 heteroatoms. The van der Waals surface area contributed by atoms with Crippen LogP contribution in [0.3, 0.4) is 0 Å². The number of phenolic OH excluding ortho intramolecular Hbond substituents is 1. The maximum Gasteiger partial charge on any atom is 0.226 e. The molecule has 0 aliphatic rings. The Morgan fingerprint density at radius 1 is 1.14 bits per heavy atom. The second-order valence-electron chi connectivity index (χ2n) is 9.74. The number of amides is 1. The fourth-order valence-electron chi connectivity index (χ4n) is 4.35. The first-order chi connectivity index (χ1) is 20.2. The molecule has 1 aromatic heterocycles. The van der Waals surface area contributed by atoms with Crippen molar-refractivity contribution in [2.24, 2.45) is 0 Å². The van der Waals surface area contributed by atoms with Crippen LogP contribution >= 0.6 is 35.4 Å². The number of halogens is 2. The molecule has 1 heterocycles. The summed E-state index contributed by atoms with van der Waals surface area (Å²) >= 11 is 18.5. The number of nitrogens with zero attached hydrogens (tertiary/aromatic N) is 4. The van der Waals surface area contributed by atoms with Gasteiger partial charge in [-0.25, -0.2) is 4.98 Å². The number of hydrogen-bond acceptors (Lipinski definition) is 5. The molecule has 3 aromatic carbocycles. The van der Waals surface area contributed by atoms with E-state index in [1.54, 1.807) is 55.0 Å². The van der Waals surface area contributed by atoms with Crippen molar-refractivity contribution >= 4 is 52.1 Å². The second-order valence-corrected chi connectivity index (χ2v) is 10.9. The zero-order chi connectivity index (χ0) is 30.1. The van der Waals surface area contributed by atoms with Gasteiger partial charge in [-0.2, -0.15) is 5.26 Å². The number of carbonyl (C=O) groups is 1. The van der Waals surface area contributed by atoms with E-state index in [1.165, 1.54) is 0 Å². The van der Waals surface area contributed by atoms with Crippen LogP contribution < -0.4 is 10.6 Å². The highest BCUT2D eigenvalue weighted by molar-refractivity contribution is 7.80. The summed E-state index contributed by atoms with van der Waals surface area (Å²) < 4.78 is 1.92. The van der Waals surface area contributed by atoms with Gasteiger partial charge in [0.25, 0.3) is 0 Å². The van der Waals surface area contributed by atoms with Gasteiger partial charge in [-0.1, -0.05) is 54.4 Å². The molecule has 0 bridgehead atoms. The summed E-state index contributed by atoms with van der Waals surface area (Å²) in [5.74, 6) is 0.0163. The quantitative estimate of drug-likeness (QED) is 0.136. The molecule has 216 valence electrons. The van der Waals surface area contributed by atoms with Crippen molar-refractivity contribution in [2.45, 2.75) is 38.9 Å². The summed E-state index contributed by atoms with van der Waals surface area (Å²) in [6, 6.07) is 21.3. The molecule has 0 radical (unpaired) electrons. The van der Waals surface area contributed by atoms with Gasteiger partial charge in [-0.05, 0) is 72.2 Å². The van der Waals surface area contributed by atoms with E-state index in [9.17, 15) is 9.90 Å². The van der Waals surface area contributed by atoms with Crippen molar-refractivity contribution < 1.29 is 9.90 Å². The molecule has 3 N–H and O–H groups in total. The van der Waals surface area contributed by atoms with Crippen molar-refractivity contribution in [2.75, 3.05) is 11.9 Å². The summed E-state index contributed by atoms with van der Waals surface area (Å²) in [5.41, 5.74) is 3.89. The number of benzene rings is 3. The smallest absolute Gasteiger partial charge is 0.226 e. The van der Waals surface area contributed by atoms with Crippen LogP contribution in [0.2, 0.25) is 10.0 Å². The molecule has 1 amide bonds. The Morgan fingerprint density at radius 2 is 1.88 bits per heavy atom. The number of phenols is 1. The average Bonchev–Trinajstić information content (AvgIpc) is 3.41. The normalized spacial score (nSPS) is 11.4. The number of rotatable bonds is 11. The lowest BCUT2D eigenvalue weighted by Crippen LogP contribution is -2.47. The minimum atomic E-state index is -0.218. The van der Waals surface area contributed by atoms with Crippen LogP contribution in [0.4, 0.5) is 5.69 Å². The maximum absolute atomic E-state index is 13.2. The number of anilines is 1. The molecule has 4 aromatic rings. The number of aromatic nitrogens is 2. The Balaban J connectivity index is 1.45. The lowest BCUT2D eigenvalue weighted by Gasteiger charge is -2.30. The standard InChI is InChI=1S/C31H30Cl2N6O2S/c1-2-24(36-29(41)14-26-16-35-20-39(26)17-22-8-6-21(15-34)7-9-22)19-38(18-23-4-3-5-28(32)30(23)33)31(42)37-25-10-12-27(40)13-11-25/h3-13,16,20,24,40H,2,14,17-19H2,1H3,(H,36,41)(H,37,42)/t24-/m0/s1. The van der Waals surface area contributed by atoms with Crippen LogP contribution in [0.25, 0.3) is 0 Å². The van der Waals surface area contributed by atoms with Crippen LogP contribution in [0.5, 0.6) is 5.75 Å². The summed E-state index contributed by atoms with van der Waals surface area (Å²) in [5, 5.41) is 26.4. The molecule has 0 saturated carbocycles. The molecule has 4 rings (SSSR count). The van der Waals surface area contributed by atoms with Crippen LogP contribution in [0.1, 0.15) is 35.7 Å². The van der Waals surface area contributed by atoms with E-state index in [-0.39, 0.29) is 24.1 Å². The highest BCUT2D eigenvalue weighted by Gasteiger charge is 2.20. The van der Waals surface area contributed by atoms with E-state index < -0.39 is 0 Å². The Kier molecular flexibility index (Phi) is 10.8. The number of hydrogen-bond donors (Lipinski definition) is 3. The van der Waals surface area contributed by atoms with Gasteiger partial charge in [-0.3, -0.25) is 4.79 Å². The predicted octanol–water partition coefficient (Wildman–Crippen LogP) is 6.15. The Hall–Kier alpha value is -4.10. The van der Waals surface area contributed by atoms with Crippen LogP contribution in [0, 0.1) is 11.3 Å². The number of imidazole rings is 1. The van der Waals surface area contributed by atoms with Gasteiger partial charge in [0.2, 0.25) is 5.91 Å². The molecular formula is C31H30Cl2N6O2S. The topological polar surface area (TPSA) is 106 Å². The van der Waals surface area contributed by atoms with Crippen molar-refractivity contribution in [1.29, 1.82) is 5.26 Å². The van der Waals surface area contributed by atoms with Gasteiger partial charge in [0, 0.05) is 43.3 Å². The highest BCUT2D eigenvalue weighted by atomic mass is 35.5. The lowest BCUT2D eigenvalue weighted by atomic mass is 10.1. The first-order valence-electron chi connectivity index (χ1n) is 13.3. The van der Waals surface area contributed by atoms with Gasteiger partial charge in [0.05, 0.1) is 34.4 Å². The number of aromatic hydroxyl groups is 1. The average molecular weight is 622 g/mol. The monoisotopic (exact) mass is 620 g/mol. The minimum absolute atomic E-state index is 0.137. The van der Waals surface area contributed by atoms with Crippen molar-refractivity contribution in [1.82, 2.24) is 19.8 Å². The SMILES string of the molecule is CC[C@@H](CN(Cc1cccc(Cl)c1Cl)C(=S)Nc1ccc(O)cc1)NC(=O)Cc1cncn1Cc1ccc(C#N)cc1. The second kappa shape index (κ2) is 14.7. The first-order valence-corrected chi connectivity index (χ1v) is 14.5. The third kappa shape index (κ3) is 8.46. The largest absolute Gasteiger partial charge is 0.508 e. The summed E-state index contributed by atoms with van der Waals surface area (Å²) in [6.07, 6.45) is 4.21. The van der Waals surface area contributed by atoms with Gasteiger partial charge >= 0.3 is 0 Å². The fraction of sp³-hybridized carbons (Fsp3) is 0.226. The third-order valence-corrected chi connectivity index (χ3v) is 7.89. The highest BCUT2D eigenvalue weighted by Crippen LogP contribution is 2.27. The maximum atomic E-state index is 13.2. The van der Waals surface area contributed by atoms with Crippen LogP contribution in [-0.2, 0) is 24.3 Å². The third-order valence-electron chi connectivity index (χ3n) is 6.67. The molecule has 0 unspecified atom stereocenters. The van der Waals surface area contributed by atoms with E-state index in [0.717, 1.165) is 16.8 Å². The summed E-state index contributed by atoms with van der Waals surface area (Å²) in [7, 11) is 0. The van der Waals surface area contributed by atoms with Crippen LogP contribution in [0.15, 0.2) is 79.3 Å². The molecule has 42 heavy (non-hydrogen) atoms. The molecule has 0 fully saturated rings. The van der Waals surface area contributed by atoms with E-state index in [4.69, 9.17) is 40.7 Å². The van der Waals surface area contributed by atoms with Gasteiger partial charge in [0.1, 0.15) is 5.75 Å².